The number of rotatable bonds is 4. The van der Waals surface area contributed by atoms with E-state index in [0.29, 0.717) is 5.92 Å². The van der Waals surface area contributed by atoms with Crippen molar-refractivity contribution in [3.63, 3.8) is 0 Å². The van der Waals surface area contributed by atoms with Crippen molar-refractivity contribution in [3.05, 3.63) is 18.2 Å². The third kappa shape index (κ3) is 2.54. The van der Waals surface area contributed by atoms with E-state index in [1.807, 2.05) is 6.33 Å². The van der Waals surface area contributed by atoms with Crippen molar-refractivity contribution in [1.82, 2.24) is 14.9 Å². The molecule has 0 bridgehead atoms. The van der Waals surface area contributed by atoms with Gasteiger partial charge in [-0.1, -0.05) is 25.7 Å². The molecule has 3 heteroatoms. The molecule has 94 valence electrons. The van der Waals surface area contributed by atoms with Crippen molar-refractivity contribution in [2.24, 2.45) is 5.92 Å². The van der Waals surface area contributed by atoms with Crippen LogP contribution < -0.4 is 5.32 Å². The highest BCUT2D eigenvalue weighted by Gasteiger charge is 2.21. The van der Waals surface area contributed by atoms with Crippen LogP contribution in [0, 0.1) is 5.92 Å². The van der Waals surface area contributed by atoms with E-state index in [0.717, 1.165) is 12.5 Å². The van der Waals surface area contributed by atoms with Gasteiger partial charge < -0.3 is 9.88 Å². The van der Waals surface area contributed by atoms with Gasteiger partial charge in [0.15, 0.2) is 0 Å². The van der Waals surface area contributed by atoms with E-state index >= 15 is 0 Å². The van der Waals surface area contributed by atoms with E-state index in [4.69, 9.17) is 0 Å². The largest absolute Gasteiger partial charge is 0.334 e. The summed E-state index contributed by atoms with van der Waals surface area (Å²) in [6, 6.07) is 0. The molecule has 1 unspecified atom stereocenters. The number of nitrogens with zero attached hydrogens (tertiary/aromatic N) is 2. The number of nitrogens with one attached hydrogen (secondary N) is 1. The third-order valence-corrected chi connectivity index (χ3v) is 4.48. The molecule has 17 heavy (non-hydrogen) atoms. The number of aryl methyl sites for hydroxylation is 1. The Kier molecular flexibility index (Phi) is 3.46. The van der Waals surface area contributed by atoms with Crippen molar-refractivity contribution in [3.8, 4) is 0 Å². The van der Waals surface area contributed by atoms with Crippen LogP contribution in [0.4, 0.5) is 0 Å². The van der Waals surface area contributed by atoms with Gasteiger partial charge in [-0.2, -0.15) is 0 Å². The lowest BCUT2D eigenvalue weighted by molar-refractivity contribution is 0.448. The Morgan fingerprint density at radius 1 is 1.29 bits per heavy atom. The molecular formula is C14H23N3. The Balaban J connectivity index is 1.60. The van der Waals surface area contributed by atoms with Crippen molar-refractivity contribution < 1.29 is 0 Å². The van der Waals surface area contributed by atoms with Crippen LogP contribution in [0.25, 0.3) is 0 Å². The standard InChI is InChI=1S/C14H23N3/c1-2-4-12(3-1)6-8-17-11-16-10-14(17)13-5-7-15-9-13/h10-13,15H,1-9H2. The highest BCUT2D eigenvalue weighted by molar-refractivity contribution is 5.09. The molecule has 3 nitrogen and oxygen atoms in total. The van der Waals surface area contributed by atoms with Crippen LogP contribution in [0.1, 0.15) is 50.1 Å². The molecule has 1 N–H and O–H groups in total. The molecule has 1 aliphatic heterocycles. The molecule has 1 aliphatic carbocycles. The Morgan fingerprint density at radius 2 is 2.18 bits per heavy atom. The van der Waals surface area contributed by atoms with Crippen LogP contribution in [0.5, 0.6) is 0 Å². The molecule has 0 aromatic carbocycles. The first kappa shape index (κ1) is 11.3. The van der Waals surface area contributed by atoms with E-state index < -0.39 is 0 Å². The first-order valence-corrected chi connectivity index (χ1v) is 7.14. The maximum atomic E-state index is 4.35. The summed E-state index contributed by atoms with van der Waals surface area (Å²) in [5, 5.41) is 3.44. The second-order valence-corrected chi connectivity index (χ2v) is 5.64. The van der Waals surface area contributed by atoms with Crippen LogP contribution in [-0.2, 0) is 6.54 Å². The SMILES string of the molecule is c1ncn(CCC2CCCC2)c1C1CCNC1. The van der Waals surface area contributed by atoms with Gasteiger partial charge in [0.2, 0.25) is 0 Å². The average molecular weight is 233 g/mol. The van der Waals surface area contributed by atoms with Crippen molar-refractivity contribution in [2.75, 3.05) is 13.1 Å². The monoisotopic (exact) mass is 233 g/mol. The summed E-state index contributed by atoms with van der Waals surface area (Å²) < 4.78 is 2.40. The Labute approximate surface area is 104 Å². The van der Waals surface area contributed by atoms with Gasteiger partial charge in [-0.25, -0.2) is 4.98 Å². The lowest BCUT2D eigenvalue weighted by atomic mass is 10.0. The first-order chi connectivity index (χ1) is 8.43. The molecule has 1 atom stereocenters. The topological polar surface area (TPSA) is 29.9 Å². The number of hydrogen-bond donors (Lipinski definition) is 1. The second-order valence-electron chi connectivity index (χ2n) is 5.64. The van der Waals surface area contributed by atoms with Crippen molar-refractivity contribution in [2.45, 2.75) is 51.0 Å². The van der Waals surface area contributed by atoms with E-state index in [1.54, 1.807) is 0 Å². The molecule has 1 saturated carbocycles. The van der Waals surface area contributed by atoms with Gasteiger partial charge in [0, 0.05) is 30.9 Å². The van der Waals surface area contributed by atoms with Crippen LogP contribution in [0.15, 0.2) is 12.5 Å². The first-order valence-electron chi connectivity index (χ1n) is 7.14. The molecule has 1 aromatic rings. The van der Waals surface area contributed by atoms with Gasteiger partial charge in [0.05, 0.1) is 6.33 Å². The molecule has 2 aliphatic rings. The minimum absolute atomic E-state index is 0.695. The molecule has 2 heterocycles. The Bertz CT molecular complexity index is 346. The van der Waals surface area contributed by atoms with E-state index in [-0.39, 0.29) is 0 Å². The highest BCUT2D eigenvalue weighted by Crippen LogP contribution is 2.29. The zero-order valence-corrected chi connectivity index (χ0v) is 10.6. The van der Waals surface area contributed by atoms with Gasteiger partial charge >= 0.3 is 0 Å². The van der Waals surface area contributed by atoms with E-state index in [1.165, 1.54) is 57.3 Å². The number of imidazole rings is 1. The fraction of sp³-hybridized carbons (Fsp3) is 0.786. The predicted octanol–water partition coefficient (Wildman–Crippen LogP) is 2.54. The summed E-state index contributed by atoms with van der Waals surface area (Å²) >= 11 is 0. The average Bonchev–Trinajstić information content (AvgIpc) is 3.09. The minimum atomic E-state index is 0.695. The van der Waals surface area contributed by atoms with Crippen LogP contribution in [0.3, 0.4) is 0 Å². The summed E-state index contributed by atoms with van der Waals surface area (Å²) in [5.74, 6) is 1.67. The maximum absolute atomic E-state index is 4.35. The molecule has 2 fully saturated rings. The van der Waals surface area contributed by atoms with Crippen LogP contribution in [-0.4, -0.2) is 22.6 Å². The zero-order valence-electron chi connectivity index (χ0n) is 10.6. The molecule has 1 saturated heterocycles. The lowest BCUT2D eigenvalue weighted by Gasteiger charge is -2.15. The van der Waals surface area contributed by atoms with Crippen molar-refractivity contribution in [1.29, 1.82) is 0 Å². The van der Waals surface area contributed by atoms with Crippen molar-refractivity contribution >= 4 is 0 Å². The summed E-state index contributed by atoms with van der Waals surface area (Å²) in [4.78, 5) is 4.35. The number of aromatic nitrogens is 2. The Hall–Kier alpha value is -0.830. The normalized spacial score (nSPS) is 25.8. The van der Waals surface area contributed by atoms with Crippen LogP contribution >= 0.6 is 0 Å². The zero-order chi connectivity index (χ0) is 11.5. The molecule has 0 radical (unpaired) electrons. The lowest BCUT2D eigenvalue weighted by Crippen LogP contribution is -2.12. The molecular weight excluding hydrogens is 210 g/mol. The van der Waals surface area contributed by atoms with Gasteiger partial charge in [-0.15, -0.1) is 0 Å². The van der Waals surface area contributed by atoms with E-state index in [2.05, 4.69) is 21.1 Å². The minimum Gasteiger partial charge on any atom is -0.334 e. The fourth-order valence-corrected chi connectivity index (χ4v) is 3.39. The van der Waals surface area contributed by atoms with Gasteiger partial charge in [-0.05, 0) is 25.3 Å². The summed E-state index contributed by atoms with van der Waals surface area (Å²) in [6.07, 6.45) is 12.5. The van der Waals surface area contributed by atoms with E-state index in [9.17, 15) is 0 Å². The maximum Gasteiger partial charge on any atom is 0.0948 e. The quantitative estimate of drug-likeness (QED) is 0.866. The second kappa shape index (κ2) is 5.21. The number of hydrogen-bond acceptors (Lipinski definition) is 2. The smallest absolute Gasteiger partial charge is 0.0948 e. The predicted molar refractivity (Wildman–Crippen MR) is 69.0 cm³/mol. The fourth-order valence-electron chi connectivity index (χ4n) is 3.39. The molecule has 3 rings (SSSR count). The molecule has 1 aromatic heterocycles. The molecule has 0 spiro atoms. The van der Waals surface area contributed by atoms with Gasteiger partial charge in [-0.3, -0.25) is 0 Å². The third-order valence-electron chi connectivity index (χ3n) is 4.48. The summed E-state index contributed by atoms with van der Waals surface area (Å²) in [7, 11) is 0. The summed E-state index contributed by atoms with van der Waals surface area (Å²) in [5.41, 5.74) is 1.45. The molecule has 0 amide bonds. The highest BCUT2D eigenvalue weighted by atomic mass is 15.1. The van der Waals surface area contributed by atoms with Gasteiger partial charge in [0.25, 0.3) is 0 Å². The Morgan fingerprint density at radius 3 is 2.94 bits per heavy atom. The summed E-state index contributed by atoms with van der Waals surface area (Å²) in [6.45, 7) is 3.48. The van der Waals surface area contributed by atoms with Crippen LogP contribution in [0.2, 0.25) is 0 Å². The van der Waals surface area contributed by atoms with Gasteiger partial charge in [0.1, 0.15) is 0 Å².